The van der Waals surface area contributed by atoms with Crippen LogP contribution in [-0.4, -0.2) is 17.5 Å². The zero-order chi connectivity index (χ0) is 16.9. The number of rotatable bonds is 12. The van der Waals surface area contributed by atoms with Crippen LogP contribution in [0.3, 0.4) is 0 Å². The van der Waals surface area contributed by atoms with Gasteiger partial charge < -0.3 is 5.11 Å². The normalized spacial score (nSPS) is 20.0. The zero-order valence-corrected chi connectivity index (χ0v) is 16.0. The maximum Gasteiger partial charge on any atom is 0.196 e. The Bertz CT molecular complexity index is 435. The quantitative estimate of drug-likeness (QED) is 0.260. The van der Waals surface area contributed by atoms with Crippen molar-refractivity contribution in [2.24, 2.45) is 5.92 Å². The molecule has 3 heteroatoms. The third-order valence-corrected chi connectivity index (χ3v) is 4.83. The van der Waals surface area contributed by atoms with Gasteiger partial charge in [0, 0.05) is 18.1 Å². The molecule has 0 amide bonds. The van der Waals surface area contributed by atoms with Gasteiger partial charge in [-0.05, 0) is 48.0 Å². The maximum absolute atomic E-state index is 12.2. The number of carbonyl (C=O) groups excluding carboxylic acids is 1. The molecule has 0 aromatic rings. The van der Waals surface area contributed by atoms with Crippen molar-refractivity contribution < 1.29 is 9.90 Å². The molecular formula is C20H31BrO2. The van der Waals surface area contributed by atoms with Crippen LogP contribution in [0.5, 0.6) is 0 Å². The van der Waals surface area contributed by atoms with Crippen molar-refractivity contribution in [2.75, 3.05) is 6.61 Å². The Hall–Kier alpha value is -0.670. The van der Waals surface area contributed by atoms with Gasteiger partial charge in [0.1, 0.15) is 0 Å². The Morgan fingerprint density at radius 3 is 2.52 bits per heavy atom. The van der Waals surface area contributed by atoms with Crippen LogP contribution in [0.25, 0.3) is 0 Å². The fourth-order valence-corrected chi connectivity index (χ4v) is 3.31. The monoisotopic (exact) mass is 382 g/mol. The summed E-state index contributed by atoms with van der Waals surface area (Å²) in [6, 6.07) is 0. The number of ketones is 1. The van der Waals surface area contributed by atoms with Gasteiger partial charge >= 0.3 is 0 Å². The molecule has 1 rings (SSSR count). The van der Waals surface area contributed by atoms with Crippen LogP contribution in [-0.2, 0) is 4.79 Å². The largest absolute Gasteiger partial charge is 0.396 e. The Balaban J connectivity index is 2.42. The third-order valence-electron chi connectivity index (χ3n) is 4.21. The molecule has 2 nitrogen and oxygen atoms in total. The van der Waals surface area contributed by atoms with Crippen molar-refractivity contribution in [3.05, 3.63) is 34.4 Å². The standard InChI is InChI=1S/C20H31BrO2/c1-2-3-4-5-7-10-13-17-16-19(21)20(23)18(17)14-11-8-6-9-12-15-22/h10,13-14,16-17,22H,2-9,11-12,15H2,1H3. The third kappa shape index (κ3) is 8.12. The van der Waals surface area contributed by atoms with E-state index in [-0.39, 0.29) is 18.3 Å². The molecule has 0 aromatic carbocycles. The van der Waals surface area contributed by atoms with Gasteiger partial charge in [0.25, 0.3) is 0 Å². The molecule has 0 aromatic heterocycles. The van der Waals surface area contributed by atoms with Crippen LogP contribution in [0.2, 0.25) is 0 Å². The van der Waals surface area contributed by atoms with Crippen molar-refractivity contribution in [1.82, 2.24) is 0 Å². The predicted octanol–water partition coefficient (Wildman–Crippen LogP) is 5.86. The first-order chi connectivity index (χ1) is 11.2. The Labute approximate surface area is 149 Å². The summed E-state index contributed by atoms with van der Waals surface area (Å²) in [6.07, 6.45) is 19.8. The summed E-state index contributed by atoms with van der Waals surface area (Å²) in [5.41, 5.74) is 0.920. The summed E-state index contributed by atoms with van der Waals surface area (Å²) in [4.78, 5) is 12.2. The Morgan fingerprint density at radius 1 is 1.09 bits per heavy atom. The van der Waals surface area contributed by atoms with Crippen molar-refractivity contribution >= 4 is 21.7 Å². The fraction of sp³-hybridized carbons (Fsp3) is 0.650. The molecule has 0 saturated heterocycles. The first-order valence-electron chi connectivity index (χ1n) is 9.10. The van der Waals surface area contributed by atoms with Gasteiger partial charge in [-0.3, -0.25) is 4.79 Å². The minimum Gasteiger partial charge on any atom is -0.396 e. The molecular weight excluding hydrogens is 352 g/mol. The van der Waals surface area contributed by atoms with E-state index in [4.69, 9.17) is 5.11 Å². The number of aliphatic hydroxyl groups is 1. The van der Waals surface area contributed by atoms with E-state index in [9.17, 15) is 4.79 Å². The van der Waals surface area contributed by atoms with E-state index in [0.717, 1.165) is 44.1 Å². The van der Waals surface area contributed by atoms with Crippen LogP contribution in [0.1, 0.15) is 71.1 Å². The van der Waals surface area contributed by atoms with Crippen molar-refractivity contribution in [1.29, 1.82) is 0 Å². The lowest BCUT2D eigenvalue weighted by Gasteiger charge is -2.05. The second-order valence-electron chi connectivity index (χ2n) is 6.23. The number of aliphatic hydroxyl groups excluding tert-OH is 1. The topological polar surface area (TPSA) is 37.3 Å². The van der Waals surface area contributed by atoms with Crippen LogP contribution in [0.15, 0.2) is 34.4 Å². The first-order valence-corrected chi connectivity index (χ1v) is 9.89. The number of unbranched alkanes of at least 4 members (excludes halogenated alkanes) is 8. The molecule has 0 aliphatic heterocycles. The predicted molar refractivity (Wildman–Crippen MR) is 102 cm³/mol. The average Bonchev–Trinajstić information content (AvgIpc) is 2.81. The SMILES string of the molecule is CCCCCCC=CC1C=C(Br)C(=O)C1=CCCCCCCO. The van der Waals surface area contributed by atoms with Crippen LogP contribution in [0, 0.1) is 5.92 Å². The summed E-state index contributed by atoms with van der Waals surface area (Å²) < 4.78 is 0.699. The summed E-state index contributed by atoms with van der Waals surface area (Å²) in [5.74, 6) is 0.279. The number of allylic oxidation sites excluding steroid dienone is 6. The van der Waals surface area contributed by atoms with E-state index < -0.39 is 0 Å². The smallest absolute Gasteiger partial charge is 0.196 e. The highest BCUT2D eigenvalue weighted by Gasteiger charge is 2.26. The first kappa shape index (κ1) is 20.4. The average molecular weight is 383 g/mol. The van der Waals surface area contributed by atoms with Gasteiger partial charge in [-0.1, -0.05) is 63.3 Å². The van der Waals surface area contributed by atoms with Crippen LogP contribution >= 0.6 is 15.9 Å². The molecule has 1 N–H and O–H groups in total. The molecule has 1 aliphatic rings. The lowest BCUT2D eigenvalue weighted by Crippen LogP contribution is -2.01. The van der Waals surface area contributed by atoms with Gasteiger partial charge in [0.2, 0.25) is 0 Å². The molecule has 0 spiro atoms. The number of halogens is 1. The van der Waals surface area contributed by atoms with Gasteiger partial charge in [0.15, 0.2) is 5.78 Å². The molecule has 1 aliphatic carbocycles. The van der Waals surface area contributed by atoms with E-state index in [2.05, 4.69) is 41.1 Å². The summed E-state index contributed by atoms with van der Waals surface area (Å²) >= 11 is 3.38. The maximum atomic E-state index is 12.2. The van der Waals surface area contributed by atoms with E-state index in [1.54, 1.807) is 0 Å². The van der Waals surface area contributed by atoms with Gasteiger partial charge in [0.05, 0.1) is 4.48 Å². The molecule has 0 fully saturated rings. The molecule has 0 radical (unpaired) electrons. The Morgan fingerprint density at radius 2 is 1.78 bits per heavy atom. The molecule has 1 atom stereocenters. The number of hydrogen-bond donors (Lipinski definition) is 1. The molecule has 1 unspecified atom stereocenters. The highest BCUT2D eigenvalue weighted by molar-refractivity contribution is 9.12. The van der Waals surface area contributed by atoms with E-state index in [0.29, 0.717) is 4.48 Å². The van der Waals surface area contributed by atoms with E-state index in [1.165, 1.54) is 25.7 Å². The molecule has 0 bridgehead atoms. The van der Waals surface area contributed by atoms with Gasteiger partial charge in [-0.2, -0.15) is 0 Å². The van der Waals surface area contributed by atoms with Crippen molar-refractivity contribution in [2.45, 2.75) is 71.1 Å². The highest BCUT2D eigenvalue weighted by Crippen LogP contribution is 2.32. The van der Waals surface area contributed by atoms with Crippen LogP contribution in [0.4, 0.5) is 0 Å². The van der Waals surface area contributed by atoms with Crippen LogP contribution < -0.4 is 0 Å². The molecule has 23 heavy (non-hydrogen) atoms. The minimum atomic E-state index is 0.139. The zero-order valence-electron chi connectivity index (χ0n) is 14.4. The lowest BCUT2D eigenvalue weighted by molar-refractivity contribution is -0.111. The van der Waals surface area contributed by atoms with Gasteiger partial charge in [-0.25, -0.2) is 0 Å². The number of Topliss-reactive ketones (excluding diaryl/α,β-unsaturated/α-hetero) is 1. The second kappa shape index (κ2) is 12.7. The molecule has 0 saturated carbocycles. The van der Waals surface area contributed by atoms with Crippen molar-refractivity contribution in [3.8, 4) is 0 Å². The fourth-order valence-electron chi connectivity index (χ4n) is 2.80. The molecule has 130 valence electrons. The minimum absolute atomic E-state index is 0.139. The summed E-state index contributed by atoms with van der Waals surface area (Å²) in [7, 11) is 0. The summed E-state index contributed by atoms with van der Waals surface area (Å²) in [5, 5.41) is 8.77. The number of carbonyl (C=O) groups is 1. The number of hydrogen-bond acceptors (Lipinski definition) is 2. The summed E-state index contributed by atoms with van der Waals surface area (Å²) in [6.45, 7) is 2.50. The van der Waals surface area contributed by atoms with E-state index >= 15 is 0 Å². The lowest BCUT2D eigenvalue weighted by atomic mass is 9.98. The van der Waals surface area contributed by atoms with E-state index in [1.807, 2.05) is 6.08 Å². The van der Waals surface area contributed by atoms with Gasteiger partial charge in [-0.15, -0.1) is 0 Å². The Kier molecular flexibility index (Phi) is 11.3. The highest BCUT2D eigenvalue weighted by atomic mass is 79.9. The molecule has 0 heterocycles. The second-order valence-corrected chi connectivity index (χ2v) is 7.09. The van der Waals surface area contributed by atoms with Crippen molar-refractivity contribution in [3.63, 3.8) is 0 Å².